The molecule has 0 fully saturated rings. The fourth-order valence-electron chi connectivity index (χ4n) is 2.39. The highest BCUT2D eigenvalue weighted by Gasteiger charge is 2.33. The lowest BCUT2D eigenvalue weighted by molar-refractivity contribution is -0.138. The second-order valence-corrected chi connectivity index (χ2v) is 8.08. The zero-order valence-electron chi connectivity index (χ0n) is 14.3. The lowest BCUT2D eigenvalue weighted by atomic mass is 10.1. The van der Waals surface area contributed by atoms with E-state index in [2.05, 4.69) is 5.32 Å². The topological polar surface area (TPSA) is 63.2 Å². The summed E-state index contributed by atoms with van der Waals surface area (Å²) in [4.78, 5) is 12.1. The van der Waals surface area contributed by atoms with Crippen molar-refractivity contribution >= 4 is 15.7 Å². The number of carbonyl (C=O) groups is 1. The number of alkyl halides is 3. The van der Waals surface area contributed by atoms with Gasteiger partial charge in [-0.25, -0.2) is 12.8 Å². The smallest absolute Gasteiger partial charge is 0.352 e. The van der Waals surface area contributed by atoms with E-state index in [0.717, 1.165) is 12.1 Å². The van der Waals surface area contributed by atoms with E-state index in [9.17, 15) is 30.8 Å². The average molecular weight is 403 g/mol. The van der Waals surface area contributed by atoms with Crippen molar-refractivity contribution in [2.45, 2.75) is 31.0 Å². The standard InChI is InChI=1S/C18H17F4NO3S/c1-2-27(25,26)15-7-3-12(4-8-15)9-17(24)23-11-13-5-6-14(19)10-16(13)18(20,21)22/h3-8,10H,2,9,11H2,1H3,(H,23,24). The Bertz CT molecular complexity index is 923. The lowest BCUT2D eigenvalue weighted by Crippen LogP contribution is -2.26. The summed E-state index contributed by atoms with van der Waals surface area (Å²) in [5, 5.41) is 2.36. The molecule has 0 radical (unpaired) electrons. The van der Waals surface area contributed by atoms with Crippen LogP contribution in [0.15, 0.2) is 47.4 Å². The van der Waals surface area contributed by atoms with Crippen molar-refractivity contribution in [2.75, 3.05) is 5.75 Å². The highest BCUT2D eigenvalue weighted by atomic mass is 32.2. The lowest BCUT2D eigenvalue weighted by Gasteiger charge is -2.13. The summed E-state index contributed by atoms with van der Waals surface area (Å²) < 4.78 is 75.3. The third-order valence-corrected chi connectivity index (χ3v) is 5.63. The first-order chi connectivity index (χ1) is 12.5. The molecule has 0 aliphatic heterocycles. The zero-order valence-corrected chi connectivity index (χ0v) is 15.1. The van der Waals surface area contributed by atoms with Crippen molar-refractivity contribution in [3.05, 3.63) is 65.0 Å². The van der Waals surface area contributed by atoms with Crippen LogP contribution in [0.3, 0.4) is 0 Å². The molecule has 1 amide bonds. The molecule has 2 rings (SSSR count). The van der Waals surface area contributed by atoms with Crippen LogP contribution in [0.25, 0.3) is 0 Å². The van der Waals surface area contributed by atoms with Crippen LogP contribution in [-0.4, -0.2) is 20.1 Å². The summed E-state index contributed by atoms with van der Waals surface area (Å²) in [7, 11) is -3.35. The normalized spacial score (nSPS) is 12.0. The molecule has 0 heterocycles. The second-order valence-electron chi connectivity index (χ2n) is 5.80. The molecule has 0 saturated heterocycles. The van der Waals surface area contributed by atoms with Crippen LogP contribution in [0.2, 0.25) is 0 Å². The molecule has 9 heteroatoms. The maximum Gasteiger partial charge on any atom is 0.416 e. The zero-order chi connectivity index (χ0) is 20.2. The van der Waals surface area contributed by atoms with Gasteiger partial charge in [-0.15, -0.1) is 0 Å². The summed E-state index contributed by atoms with van der Waals surface area (Å²) in [5.41, 5.74) is -0.878. The quantitative estimate of drug-likeness (QED) is 0.751. The summed E-state index contributed by atoms with van der Waals surface area (Å²) in [5.74, 6) is -1.61. The van der Waals surface area contributed by atoms with Crippen LogP contribution in [0.1, 0.15) is 23.6 Å². The summed E-state index contributed by atoms with van der Waals surface area (Å²) >= 11 is 0. The molecule has 0 spiro atoms. The molecule has 0 aromatic heterocycles. The van der Waals surface area contributed by atoms with Crippen LogP contribution >= 0.6 is 0 Å². The highest BCUT2D eigenvalue weighted by Crippen LogP contribution is 2.32. The first kappa shape index (κ1) is 20.9. The molecule has 4 nitrogen and oxygen atoms in total. The predicted octanol–water partition coefficient (Wildman–Crippen LogP) is 3.50. The highest BCUT2D eigenvalue weighted by molar-refractivity contribution is 7.91. The van der Waals surface area contributed by atoms with Gasteiger partial charge in [0.25, 0.3) is 0 Å². The van der Waals surface area contributed by atoms with Gasteiger partial charge in [0.05, 0.1) is 22.6 Å². The maximum atomic E-state index is 13.1. The number of amides is 1. The maximum absolute atomic E-state index is 13.1. The number of halogens is 4. The van der Waals surface area contributed by atoms with Crippen LogP contribution in [-0.2, 0) is 33.8 Å². The van der Waals surface area contributed by atoms with Crippen LogP contribution in [0.4, 0.5) is 17.6 Å². The summed E-state index contributed by atoms with van der Waals surface area (Å²) in [6.45, 7) is 1.11. The second kappa shape index (κ2) is 8.08. The molecule has 146 valence electrons. The molecule has 27 heavy (non-hydrogen) atoms. The van der Waals surface area contributed by atoms with Crippen molar-refractivity contribution in [3.8, 4) is 0 Å². The van der Waals surface area contributed by atoms with E-state index in [0.29, 0.717) is 11.6 Å². The van der Waals surface area contributed by atoms with Gasteiger partial charge in [-0.3, -0.25) is 4.79 Å². The molecule has 0 bridgehead atoms. The van der Waals surface area contributed by atoms with Gasteiger partial charge in [0.15, 0.2) is 9.84 Å². The van der Waals surface area contributed by atoms with E-state index < -0.39 is 39.8 Å². The minimum Gasteiger partial charge on any atom is -0.352 e. The van der Waals surface area contributed by atoms with E-state index in [-0.39, 0.29) is 22.6 Å². The van der Waals surface area contributed by atoms with Crippen molar-refractivity contribution in [2.24, 2.45) is 0 Å². The number of hydrogen-bond acceptors (Lipinski definition) is 3. The van der Waals surface area contributed by atoms with E-state index >= 15 is 0 Å². The number of carbonyl (C=O) groups excluding carboxylic acids is 1. The molecule has 0 aliphatic rings. The first-order valence-electron chi connectivity index (χ1n) is 7.97. The van der Waals surface area contributed by atoms with Crippen LogP contribution in [0, 0.1) is 5.82 Å². The first-order valence-corrected chi connectivity index (χ1v) is 9.62. The van der Waals surface area contributed by atoms with E-state index in [1.54, 1.807) is 0 Å². The van der Waals surface area contributed by atoms with Gasteiger partial charge < -0.3 is 5.32 Å². The fourth-order valence-corrected chi connectivity index (χ4v) is 3.27. The number of benzene rings is 2. The minimum absolute atomic E-state index is 0.0496. The number of sulfone groups is 1. The Balaban J connectivity index is 2.03. The van der Waals surface area contributed by atoms with Gasteiger partial charge in [0.2, 0.25) is 5.91 Å². The van der Waals surface area contributed by atoms with E-state index in [4.69, 9.17) is 0 Å². The third kappa shape index (κ3) is 5.53. The predicted molar refractivity (Wildman–Crippen MR) is 91.1 cm³/mol. The van der Waals surface area contributed by atoms with E-state index in [1.165, 1.54) is 31.2 Å². The van der Waals surface area contributed by atoms with Crippen LogP contribution < -0.4 is 5.32 Å². The molecular weight excluding hydrogens is 386 g/mol. The van der Waals surface area contributed by atoms with Gasteiger partial charge in [-0.05, 0) is 35.4 Å². The Hall–Kier alpha value is -2.42. The molecule has 0 saturated carbocycles. The van der Waals surface area contributed by atoms with E-state index in [1.807, 2.05) is 0 Å². The Morgan fingerprint density at radius 1 is 1.07 bits per heavy atom. The molecule has 0 unspecified atom stereocenters. The van der Waals surface area contributed by atoms with Crippen molar-refractivity contribution in [3.63, 3.8) is 0 Å². The molecule has 0 atom stereocenters. The van der Waals surface area contributed by atoms with Gasteiger partial charge >= 0.3 is 6.18 Å². The monoisotopic (exact) mass is 403 g/mol. The summed E-state index contributed by atoms with van der Waals surface area (Å²) in [6.07, 6.45) is -4.86. The molecular formula is C18H17F4NO3S. The van der Waals surface area contributed by atoms with Crippen molar-refractivity contribution in [1.29, 1.82) is 0 Å². The average Bonchev–Trinajstić information content (AvgIpc) is 2.60. The van der Waals surface area contributed by atoms with Gasteiger partial charge in [0.1, 0.15) is 5.82 Å². The SMILES string of the molecule is CCS(=O)(=O)c1ccc(CC(=O)NCc2ccc(F)cc2C(F)(F)F)cc1. The van der Waals surface area contributed by atoms with Gasteiger partial charge in [-0.1, -0.05) is 25.1 Å². The largest absolute Gasteiger partial charge is 0.416 e. The Morgan fingerprint density at radius 3 is 2.26 bits per heavy atom. The molecule has 2 aromatic rings. The van der Waals surface area contributed by atoms with Crippen molar-refractivity contribution < 1.29 is 30.8 Å². The minimum atomic E-state index is -4.73. The number of nitrogens with one attached hydrogen (secondary N) is 1. The number of rotatable bonds is 6. The Kier molecular flexibility index (Phi) is 6.25. The Labute approximate surface area is 154 Å². The van der Waals surface area contributed by atoms with Gasteiger partial charge in [-0.2, -0.15) is 13.2 Å². The molecule has 1 N–H and O–H groups in total. The van der Waals surface area contributed by atoms with Crippen LogP contribution in [0.5, 0.6) is 0 Å². The number of hydrogen-bond donors (Lipinski definition) is 1. The van der Waals surface area contributed by atoms with Gasteiger partial charge in [0, 0.05) is 6.54 Å². The van der Waals surface area contributed by atoms with Crippen molar-refractivity contribution in [1.82, 2.24) is 5.32 Å². The molecule has 0 aliphatic carbocycles. The third-order valence-electron chi connectivity index (χ3n) is 3.88. The molecule has 2 aromatic carbocycles. The fraction of sp³-hybridized carbons (Fsp3) is 0.278. The summed E-state index contributed by atoms with van der Waals surface area (Å²) in [6, 6.07) is 7.95. The Morgan fingerprint density at radius 2 is 1.70 bits per heavy atom.